The molecule has 0 amide bonds. The molecule has 124 valence electrons. The highest BCUT2D eigenvalue weighted by Crippen LogP contribution is 2.22. The van der Waals surface area contributed by atoms with E-state index in [4.69, 9.17) is 4.74 Å². The van der Waals surface area contributed by atoms with Gasteiger partial charge in [0.15, 0.2) is 0 Å². The second-order valence-corrected chi connectivity index (χ2v) is 5.66. The third-order valence-electron chi connectivity index (χ3n) is 3.84. The van der Waals surface area contributed by atoms with E-state index in [-0.39, 0.29) is 0 Å². The van der Waals surface area contributed by atoms with Crippen LogP contribution in [-0.4, -0.2) is 35.3 Å². The lowest BCUT2D eigenvalue weighted by atomic mass is 10.1. The van der Waals surface area contributed by atoms with Gasteiger partial charge in [-0.3, -0.25) is 4.90 Å². The molecule has 4 heteroatoms. The smallest absolute Gasteiger partial charge is 0.120 e. The van der Waals surface area contributed by atoms with Crippen LogP contribution in [0.2, 0.25) is 0 Å². The highest BCUT2D eigenvalue weighted by atomic mass is 16.5. The molecule has 1 unspecified atom stereocenters. The Hall–Kier alpha value is -2.04. The first-order chi connectivity index (χ1) is 11.1. The summed E-state index contributed by atoms with van der Waals surface area (Å²) in [4.78, 5) is 2.15. The van der Waals surface area contributed by atoms with Gasteiger partial charge in [-0.15, -0.1) is 0 Å². The summed E-state index contributed by atoms with van der Waals surface area (Å²) in [5.74, 6) is 1.04. The van der Waals surface area contributed by atoms with Crippen LogP contribution >= 0.6 is 0 Å². The highest BCUT2D eigenvalue weighted by Gasteiger charge is 2.15. The van der Waals surface area contributed by atoms with Crippen molar-refractivity contribution < 1.29 is 14.9 Å². The lowest BCUT2D eigenvalue weighted by Gasteiger charge is -2.25. The number of aliphatic hydroxyl groups excluding tert-OH is 1. The van der Waals surface area contributed by atoms with Crippen molar-refractivity contribution in [2.45, 2.75) is 26.0 Å². The van der Waals surface area contributed by atoms with Crippen LogP contribution in [-0.2, 0) is 6.54 Å². The second-order valence-electron chi connectivity index (χ2n) is 5.66. The van der Waals surface area contributed by atoms with Gasteiger partial charge < -0.3 is 14.9 Å². The Kier molecular flexibility index (Phi) is 6.44. The van der Waals surface area contributed by atoms with Gasteiger partial charge in [0, 0.05) is 18.7 Å². The Bertz CT molecular complexity index is 615. The van der Waals surface area contributed by atoms with Crippen LogP contribution in [0.1, 0.15) is 30.6 Å². The van der Waals surface area contributed by atoms with Crippen molar-refractivity contribution >= 4 is 0 Å². The summed E-state index contributed by atoms with van der Waals surface area (Å²) in [6, 6.07) is 14.8. The maximum atomic E-state index is 10.5. The zero-order valence-electron chi connectivity index (χ0n) is 13.8. The summed E-state index contributed by atoms with van der Waals surface area (Å²) in [7, 11) is 1.62. The molecule has 0 aromatic heterocycles. The van der Waals surface area contributed by atoms with Crippen LogP contribution in [0.25, 0.3) is 0 Å². The van der Waals surface area contributed by atoms with Gasteiger partial charge in [0.1, 0.15) is 11.5 Å². The normalized spacial score (nSPS) is 12.3. The summed E-state index contributed by atoms with van der Waals surface area (Å²) in [6.07, 6.45) is 0.390. The second kappa shape index (κ2) is 8.56. The zero-order valence-corrected chi connectivity index (χ0v) is 13.8. The average molecular weight is 315 g/mol. The Balaban J connectivity index is 2.07. The number of aromatic hydroxyl groups is 1. The molecule has 0 radical (unpaired) electrons. The molecule has 1 atom stereocenters. The zero-order chi connectivity index (χ0) is 16.7. The van der Waals surface area contributed by atoms with Crippen LogP contribution in [0.15, 0.2) is 48.5 Å². The van der Waals surface area contributed by atoms with Crippen LogP contribution in [0.5, 0.6) is 11.5 Å². The van der Waals surface area contributed by atoms with Crippen molar-refractivity contribution in [3.05, 3.63) is 59.7 Å². The lowest BCUT2D eigenvalue weighted by Crippen LogP contribution is -2.29. The number of phenolic OH excluding ortho intramolecular Hbond substituents is 1. The lowest BCUT2D eigenvalue weighted by molar-refractivity contribution is 0.108. The number of ether oxygens (including phenoxy) is 1. The van der Waals surface area contributed by atoms with Gasteiger partial charge in [-0.05, 0) is 36.7 Å². The van der Waals surface area contributed by atoms with Crippen molar-refractivity contribution in [3.63, 3.8) is 0 Å². The topological polar surface area (TPSA) is 52.9 Å². The molecule has 0 aliphatic carbocycles. The van der Waals surface area contributed by atoms with Gasteiger partial charge in [-0.2, -0.15) is 0 Å². The Morgan fingerprint density at radius 1 is 1.13 bits per heavy atom. The summed E-state index contributed by atoms with van der Waals surface area (Å²) in [5, 5.41) is 20.5. The first-order valence-corrected chi connectivity index (χ1v) is 7.95. The molecule has 2 aromatic rings. The molecule has 0 spiro atoms. The standard InChI is InChI=1S/C19H25NO3/c1-3-11-20(13-16-7-4-5-10-18(16)21)14-19(22)15-8-6-9-17(12-15)23-2/h4-10,12,19,21-22H,3,11,13-14H2,1-2H3. The van der Waals surface area contributed by atoms with Crippen LogP contribution in [0, 0.1) is 0 Å². The third kappa shape index (κ3) is 4.98. The number of hydrogen-bond donors (Lipinski definition) is 2. The van der Waals surface area contributed by atoms with Crippen molar-refractivity contribution in [1.29, 1.82) is 0 Å². The Morgan fingerprint density at radius 3 is 2.61 bits per heavy atom. The van der Waals surface area contributed by atoms with Crippen molar-refractivity contribution in [1.82, 2.24) is 4.90 Å². The highest BCUT2D eigenvalue weighted by molar-refractivity contribution is 5.32. The molecule has 0 bridgehead atoms. The van der Waals surface area contributed by atoms with Gasteiger partial charge >= 0.3 is 0 Å². The Labute approximate surface area is 138 Å². The molecule has 0 aliphatic heterocycles. The van der Waals surface area contributed by atoms with E-state index in [1.54, 1.807) is 13.2 Å². The summed E-state index contributed by atoms with van der Waals surface area (Å²) >= 11 is 0. The summed E-state index contributed by atoms with van der Waals surface area (Å²) in [5.41, 5.74) is 1.71. The largest absolute Gasteiger partial charge is 0.508 e. The molecule has 2 N–H and O–H groups in total. The molecule has 2 aromatic carbocycles. The first kappa shape index (κ1) is 17.3. The number of hydrogen-bond acceptors (Lipinski definition) is 4. The van der Waals surface area contributed by atoms with E-state index >= 15 is 0 Å². The van der Waals surface area contributed by atoms with Crippen molar-refractivity contribution in [3.8, 4) is 11.5 Å². The maximum Gasteiger partial charge on any atom is 0.120 e. The quantitative estimate of drug-likeness (QED) is 0.784. The van der Waals surface area contributed by atoms with E-state index in [1.165, 1.54) is 0 Å². The molecule has 0 saturated carbocycles. The fourth-order valence-electron chi connectivity index (χ4n) is 2.64. The predicted molar refractivity (Wildman–Crippen MR) is 91.6 cm³/mol. The molecule has 0 saturated heterocycles. The monoisotopic (exact) mass is 315 g/mol. The minimum absolute atomic E-state index is 0.296. The van der Waals surface area contributed by atoms with Gasteiger partial charge in [0.25, 0.3) is 0 Å². The third-order valence-corrected chi connectivity index (χ3v) is 3.84. The predicted octanol–water partition coefficient (Wildman–Crippen LogP) is 3.35. The maximum absolute atomic E-state index is 10.5. The van der Waals surface area contributed by atoms with E-state index in [2.05, 4.69) is 11.8 Å². The number of methoxy groups -OCH3 is 1. The fraction of sp³-hybridized carbons (Fsp3) is 0.368. The van der Waals surface area contributed by atoms with Gasteiger partial charge in [0.05, 0.1) is 13.2 Å². The number of nitrogens with zero attached hydrogens (tertiary/aromatic N) is 1. The SMILES string of the molecule is CCCN(Cc1ccccc1O)CC(O)c1cccc(OC)c1. The van der Waals surface area contributed by atoms with Crippen LogP contribution in [0.3, 0.4) is 0 Å². The van der Waals surface area contributed by atoms with Crippen molar-refractivity contribution in [2.75, 3.05) is 20.2 Å². The molecule has 23 heavy (non-hydrogen) atoms. The Morgan fingerprint density at radius 2 is 1.91 bits per heavy atom. The van der Waals surface area contributed by atoms with Gasteiger partial charge in [-0.25, -0.2) is 0 Å². The van der Waals surface area contributed by atoms with Crippen LogP contribution in [0.4, 0.5) is 0 Å². The minimum atomic E-state index is -0.595. The molecule has 0 heterocycles. The number of aliphatic hydroxyl groups is 1. The van der Waals surface area contributed by atoms with E-state index < -0.39 is 6.10 Å². The number of phenols is 1. The molecule has 0 aliphatic rings. The number of para-hydroxylation sites is 1. The summed E-state index contributed by atoms with van der Waals surface area (Å²) in [6.45, 7) is 4.09. The summed E-state index contributed by atoms with van der Waals surface area (Å²) < 4.78 is 5.21. The van der Waals surface area contributed by atoms with E-state index in [0.29, 0.717) is 18.8 Å². The van der Waals surface area contributed by atoms with E-state index in [9.17, 15) is 10.2 Å². The van der Waals surface area contributed by atoms with Crippen molar-refractivity contribution in [2.24, 2.45) is 0 Å². The van der Waals surface area contributed by atoms with Crippen LogP contribution < -0.4 is 4.74 Å². The number of benzene rings is 2. The molecule has 4 nitrogen and oxygen atoms in total. The molecule has 2 rings (SSSR count). The minimum Gasteiger partial charge on any atom is -0.508 e. The number of rotatable bonds is 8. The van der Waals surface area contributed by atoms with Gasteiger partial charge in [0.2, 0.25) is 0 Å². The molecular weight excluding hydrogens is 290 g/mol. The first-order valence-electron chi connectivity index (χ1n) is 7.95. The van der Waals surface area contributed by atoms with E-state index in [0.717, 1.165) is 29.8 Å². The van der Waals surface area contributed by atoms with Gasteiger partial charge in [-0.1, -0.05) is 37.3 Å². The fourth-order valence-corrected chi connectivity index (χ4v) is 2.64. The molecular formula is C19H25NO3. The molecule has 0 fully saturated rings. The van der Waals surface area contributed by atoms with E-state index in [1.807, 2.05) is 42.5 Å². The average Bonchev–Trinajstić information content (AvgIpc) is 2.57.